The van der Waals surface area contributed by atoms with Crippen LogP contribution in [-0.2, 0) is 11.3 Å². The molecule has 0 radical (unpaired) electrons. The fourth-order valence-corrected chi connectivity index (χ4v) is 2.81. The number of rotatable bonds is 4. The number of carbonyl (C=O) groups is 1. The molecule has 2 aromatic rings. The van der Waals surface area contributed by atoms with Crippen LogP contribution in [0.2, 0.25) is 0 Å². The van der Waals surface area contributed by atoms with Gasteiger partial charge >= 0.3 is 5.97 Å². The van der Waals surface area contributed by atoms with Gasteiger partial charge in [0.15, 0.2) is 5.82 Å². The Hall–Kier alpha value is -1.51. The Labute approximate surface area is 129 Å². The molecule has 20 heavy (non-hydrogen) atoms. The van der Waals surface area contributed by atoms with Crippen LogP contribution in [0.4, 0.5) is 0 Å². The SMILES string of the molecule is O=C(O)C1(Cn2nnnc2-c2ccc(I)cc2)CCC1. The highest BCUT2D eigenvalue weighted by Gasteiger charge is 2.45. The summed E-state index contributed by atoms with van der Waals surface area (Å²) in [5, 5.41) is 21.1. The summed E-state index contributed by atoms with van der Waals surface area (Å²) < 4.78 is 2.74. The molecule has 0 saturated heterocycles. The van der Waals surface area contributed by atoms with Crippen LogP contribution in [0, 0.1) is 8.99 Å². The molecule has 1 aliphatic rings. The van der Waals surface area contributed by atoms with Gasteiger partial charge in [-0.25, -0.2) is 4.68 Å². The molecule has 0 atom stereocenters. The third-order valence-corrected chi connectivity index (χ3v) is 4.57. The molecule has 1 aromatic carbocycles. The number of nitrogens with zero attached hydrogens (tertiary/aromatic N) is 4. The van der Waals surface area contributed by atoms with Crippen molar-refractivity contribution in [3.63, 3.8) is 0 Å². The van der Waals surface area contributed by atoms with Crippen LogP contribution in [0.5, 0.6) is 0 Å². The summed E-state index contributed by atoms with van der Waals surface area (Å²) in [6, 6.07) is 7.84. The molecule has 1 fully saturated rings. The number of hydrogen-bond acceptors (Lipinski definition) is 4. The number of halogens is 1. The van der Waals surface area contributed by atoms with Crippen molar-refractivity contribution >= 4 is 28.6 Å². The van der Waals surface area contributed by atoms with Crippen molar-refractivity contribution in [2.24, 2.45) is 5.41 Å². The van der Waals surface area contributed by atoms with Gasteiger partial charge in [0.05, 0.1) is 12.0 Å². The summed E-state index contributed by atoms with van der Waals surface area (Å²) >= 11 is 2.23. The molecule has 0 unspecified atom stereocenters. The number of tetrazole rings is 1. The smallest absolute Gasteiger partial charge is 0.311 e. The van der Waals surface area contributed by atoms with Crippen molar-refractivity contribution < 1.29 is 9.90 Å². The topological polar surface area (TPSA) is 80.9 Å². The molecule has 1 aliphatic carbocycles. The van der Waals surface area contributed by atoms with Crippen LogP contribution in [0.25, 0.3) is 11.4 Å². The van der Waals surface area contributed by atoms with Crippen molar-refractivity contribution in [2.75, 3.05) is 0 Å². The number of aromatic nitrogens is 4. The molecule has 1 N–H and O–H groups in total. The van der Waals surface area contributed by atoms with Crippen LogP contribution < -0.4 is 0 Å². The predicted octanol–water partition coefficient (Wildman–Crippen LogP) is 2.20. The number of carboxylic acid groups (broad SMARTS) is 1. The molecule has 0 amide bonds. The van der Waals surface area contributed by atoms with Gasteiger partial charge in [0.2, 0.25) is 0 Å². The van der Waals surface area contributed by atoms with E-state index < -0.39 is 11.4 Å². The normalized spacial score (nSPS) is 16.6. The van der Waals surface area contributed by atoms with E-state index in [0.29, 0.717) is 25.2 Å². The van der Waals surface area contributed by atoms with Gasteiger partial charge in [-0.3, -0.25) is 4.79 Å². The lowest BCUT2D eigenvalue weighted by molar-refractivity contribution is -0.156. The van der Waals surface area contributed by atoms with Gasteiger partial charge in [-0.2, -0.15) is 0 Å². The van der Waals surface area contributed by atoms with E-state index in [4.69, 9.17) is 0 Å². The third kappa shape index (κ3) is 2.30. The molecule has 1 aromatic heterocycles. The fourth-order valence-electron chi connectivity index (χ4n) is 2.45. The van der Waals surface area contributed by atoms with Gasteiger partial charge in [0, 0.05) is 9.13 Å². The maximum atomic E-state index is 11.4. The number of benzene rings is 1. The molecular formula is C13H13IN4O2. The quantitative estimate of drug-likeness (QED) is 0.818. The monoisotopic (exact) mass is 384 g/mol. The van der Waals surface area contributed by atoms with E-state index in [9.17, 15) is 9.90 Å². The summed E-state index contributed by atoms with van der Waals surface area (Å²) in [5.41, 5.74) is 0.197. The maximum absolute atomic E-state index is 11.4. The highest BCUT2D eigenvalue weighted by atomic mass is 127. The zero-order valence-corrected chi connectivity index (χ0v) is 12.8. The largest absolute Gasteiger partial charge is 0.481 e. The second kappa shape index (κ2) is 5.12. The second-order valence-electron chi connectivity index (χ2n) is 5.11. The lowest BCUT2D eigenvalue weighted by Crippen LogP contribution is -2.42. The van der Waals surface area contributed by atoms with Gasteiger partial charge in [-0.1, -0.05) is 18.6 Å². The minimum atomic E-state index is -0.757. The minimum Gasteiger partial charge on any atom is -0.481 e. The number of carboxylic acids is 1. The summed E-state index contributed by atoms with van der Waals surface area (Å²) in [7, 11) is 0. The molecule has 0 aliphatic heterocycles. The Morgan fingerprint density at radius 2 is 2.05 bits per heavy atom. The van der Waals surface area contributed by atoms with Crippen LogP contribution >= 0.6 is 22.6 Å². The molecule has 0 spiro atoms. The summed E-state index contributed by atoms with van der Waals surface area (Å²) in [6.07, 6.45) is 2.33. The van der Waals surface area contributed by atoms with Crippen molar-refractivity contribution in [2.45, 2.75) is 25.8 Å². The molecule has 6 nitrogen and oxygen atoms in total. The Bertz CT molecular complexity index is 634. The summed E-state index contributed by atoms with van der Waals surface area (Å²) in [5.74, 6) is -0.137. The van der Waals surface area contributed by atoms with E-state index in [0.717, 1.165) is 15.6 Å². The summed E-state index contributed by atoms with van der Waals surface area (Å²) in [4.78, 5) is 11.4. The Balaban J connectivity index is 1.91. The molecule has 7 heteroatoms. The first-order chi connectivity index (χ1) is 9.61. The van der Waals surface area contributed by atoms with Gasteiger partial charge in [-0.05, 0) is 58.0 Å². The lowest BCUT2D eigenvalue weighted by Gasteiger charge is -2.37. The van der Waals surface area contributed by atoms with E-state index in [1.165, 1.54) is 0 Å². The fraction of sp³-hybridized carbons (Fsp3) is 0.385. The van der Waals surface area contributed by atoms with E-state index in [2.05, 4.69) is 38.1 Å². The molecule has 0 bridgehead atoms. The average Bonchev–Trinajstić information content (AvgIpc) is 2.82. The molecule has 104 valence electrons. The Morgan fingerprint density at radius 1 is 1.35 bits per heavy atom. The Morgan fingerprint density at radius 3 is 2.60 bits per heavy atom. The van der Waals surface area contributed by atoms with E-state index in [-0.39, 0.29) is 0 Å². The van der Waals surface area contributed by atoms with Crippen molar-refractivity contribution in [1.29, 1.82) is 0 Å². The van der Waals surface area contributed by atoms with Crippen LogP contribution in [0.1, 0.15) is 19.3 Å². The van der Waals surface area contributed by atoms with Crippen molar-refractivity contribution in [3.05, 3.63) is 27.8 Å². The van der Waals surface area contributed by atoms with Gasteiger partial charge in [0.1, 0.15) is 0 Å². The standard InChI is InChI=1S/C13H13IN4O2/c14-10-4-2-9(3-5-10)11-15-16-17-18(11)8-13(12(19)20)6-1-7-13/h2-5H,1,6-8H2,(H,19,20). The zero-order chi connectivity index (χ0) is 14.2. The van der Waals surface area contributed by atoms with E-state index >= 15 is 0 Å². The van der Waals surface area contributed by atoms with E-state index in [1.54, 1.807) is 4.68 Å². The molecule has 1 heterocycles. The van der Waals surface area contributed by atoms with Gasteiger partial charge in [0.25, 0.3) is 0 Å². The lowest BCUT2D eigenvalue weighted by atomic mass is 9.69. The zero-order valence-electron chi connectivity index (χ0n) is 10.7. The van der Waals surface area contributed by atoms with Crippen LogP contribution in [0.15, 0.2) is 24.3 Å². The van der Waals surface area contributed by atoms with Gasteiger partial charge < -0.3 is 5.11 Å². The second-order valence-corrected chi connectivity index (χ2v) is 6.35. The van der Waals surface area contributed by atoms with Crippen molar-refractivity contribution in [3.8, 4) is 11.4 Å². The van der Waals surface area contributed by atoms with Crippen LogP contribution in [0.3, 0.4) is 0 Å². The third-order valence-electron chi connectivity index (χ3n) is 3.85. The first-order valence-corrected chi connectivity index (χ1v) is 7.44. The van der Waals surface area contributed by atoms with Crippen molar-refractivity contribution in [1.82, 2.24) is 20.2 Å². The molecule has 1 saturated carbocycles. The Kier molecular flexibility index (Phi) is 3.45. The first kappa shape index (κ1) is 13.5. The van der Waals surface area contributed by atoms with E-state index in [1.807, 2.05) is 24.3 Å². The van der Waals surface area contributed by atoms with Gasteiger partial charge in [-0.15, -0.1) is 5.10 Å². The minimum absolute atomic E-state index is 0.330. The first-order valence-electron chi connectivity index (χ1n) is 6.36. The maximum Gasteiger partial charge on any atom is 0.311 e. The average molecular weight is 384 g/mol. The number of aliphatic carboxylic acids is 1. The predicted molar refractivity (Wildman–Crippen MR) is 79.9 cm³/mol. The molecule has 3 rings (SSSR count). The van der Waals surface area contributed by atoms with Crippen LogP contribution in [-0.4, -0.2) is 31.3 Å². The highest BCUT2D eigenvalue weighted by Crippen LogP contribution is 2.43. The number of hydrogen-bond donors (Lipinski definition) is 1. The summed E-state index contributed by atoms with van der Waals surface area (Å²) in [6.45, 7) is 0.330. The highest BCUT2D eigenvalue weighted by molar-refractivity contribution is 14.1. The molecular weight excluding hydrogens is 371 g/mol.